The quantitative estimate of drug-likeness (QED) is 0.0849. The average molecular weight is 695 g/mol. The third-order valence-electron chi connectivity index (χ3n) is 10.0. The smallest absolute Gasteiger partial charge is 0.384 e. The summed E-state index contributed by atoms with van der Waals surface area (Å²) in [4.78, 5) is 20.9. The van der Waals surface area contributed by atoms with Crippen LogP contribution < -0.4 is 11.5 Å². The molecule has 7 nitrogen and oxygen atoms in total. The largest absolute Gasteiger partial charge is 0.416 e. The van der Waals surface area contributed by atoms with Crippen LogP contribution in [-0.4, -0.2) is 26.2 Å². The second-order valence-electron chi connectivity index (χ2n) is 13.7. The summed E-state index contributed by atoms with van der Waals surface area (Å²) < 4.78 is 43.0. The van der Waals surface area contributed by atoms with Gasteiger partial charge in [-0.1, -0.05) is 92.8 Å². The molecule has 1 fully saturated rings. The fraction of sp³-hybridized carbons (Fsp3) is 0.341. The van der Waals surface area contributed by atoms with Gasteiger partial charge in [-0.25, -0.2) is 4.98 Å². The van der Waals surface area contributed by atoms with Crippen LogP contribution in [0, 0.1) is 11.3 Å². The second-order valence-corrected chi connectivity index (χ2v) is 13.7. The third kappa shape index (κ3) is 9.05. The number of imidazole rings is 1. The summed E-state index contributed by atoms with van der Waals surface area (Å²) in [5.74, 6) is 1.38. The molecule has 0 aliphatic heterocycles. The first kappa shape index (κ1) is 35.9. The van der Waals surface area contributed by atoms with E-state index in [9.17, 15) is 18.0 Å². The van der Waals surface area contributed by atoms with Gasteiger partial charge >= 0.3 is 6.18 Å². The van der Waals surface area contributed by atoms with Gasteiger partial charge in [0.2, 0.25) is 0 Å². The molecule has 6 rings (SSSR count). The Labute approximate surface area is 297 Å². The molecule has 1 aliphatic rings. The summed E-state index contributed by atoms with van der Waals surface area (Å²) in [6.07, 6.45) is 4.39. The van der Waals surface area contributed by atoms with Crippen molar-refractivity contribution in [3.63, 3.8) is 0 Å². The maximum Gasteiger partial charge on any atom is 0.416 e. The Balaban J connectivity index is 1.30. The standard InChI is InChI=1S/C41H45F3N6O/c42-41(43,44)35-8-4-7-32(23-35)27-49(26-31-11-9-30(25-45)10-12-31)40(51)34-18-19-37-36(24-34)48-38(50(37)22-21-28-5-2-1-3-6-28)20-15-29-13-16-33(17-14-29)39(46)47/h4,7-14,16-19,23-24,28H,1-3,5-6,15,20-22,25-27,45H2,(H3,46,47). The minimum atomic E-state index is -4.49. The molecule has 51 heavy (non-hydrogen) atoms. The number of hydrogen-bond acceptors (Lipinski definition) is 4. The number of carbonyl (C=O) groups excluding carboxylic acids is 1. The number of nitrogen functional groups attached to an aromatic ring is 1. The van der Waals surface area contributed by atoms with Gasteiger partial charge in [-0.05, 0) is 71.3 Å². The summed E-state index contributed by atoms with van der Waals surface area (Å²) in [6, 6.07) is 26.0. The highest BCUT2D eigenvalue weighted by molar-refractivity contribution is 5.97. The van der Waals surface area contributed by atoms with Crippen molar-refractivity contribution < 1.29 is 18.0 Å². The van der Waals surface area contributed by atoms with Gasteiger partial charge in [0, 0.05) is 43.7 Å². The first-order valence-electron chi connectivity index (χ1n) is 17.7. The van der Waals surface area contributed by atoms with Gasteiger partial charge < -0.3 is 20.9 Å². The number of hydrogen-bond donors (Lipinski definition) is 3. The molecule has 1 heterocycles. The van der Waals surface area contributed by atoms with Gasteiger partial charge in [0.05, 0.1) is 16.6 Å². The van der Waals surface area contributed by atoms with Gasteiger partial charge in [-0.15, -0.1) is 0 Å². The Morgan fingerprint density at radius 2 is 1.49 bits per heavy atom. The molecule has 0 atom stereocenters. The predicted octanol–water partition coefficient (Wildman–Crippen LogP) is 8.40. The van der Waals surface area contributed by atoms with Crippen LogP contribution in [0.3, 0.4) is 0 Å². The molecule has 0 radical (unpaired) electrons. The maximum atomic E-state index is 14.2. The van der Waals surface area contributed by atoms with E-state index in [1.165, 1.54) is 38.2 Å². The van der Waals surface area contributed by atoms with Crippen molar-refractivity contribution in [2.45, 2.75) is 83.7 Å². The molecule has 266 valence electrons. The van der Waals surface area contributed by atoms with Crippen molar-refractivity contribution in [1.29, 1.82) is 5.41 Å². The number of aryl methyl sites for hydroxylation is 3. The maximum absolute atomic E-state index is 14.2. The molecular formula is C41H45F3N6O. The van der Waals surface area contributed by atoms with E-state index in [2.05, 4.69) is 4.57 Å². The van der Waals surface area contributed by atoms with Gasteiger partial charge in [0.15, 0.2) is 0 Å². The van der Waals surface area contributed by atoms with Crippen LogP contribution >= 0.6 is 0 Å². The number of nitrogens with two attached hydrogens (primary N) is 2. The number of benzene rings is 4. The van der Waals surface area contributed by atoms with E-state index < -0.39 is 11.7 Å². The lowest BCUT2D eigenvalue weighted by Gasteiger charge is -2.24. The Bertz CT molecular complexity index is 1960. The fourth-order valence-electron chi connectivity index (χ4n) is 7.10. The zero-order valence-electron chi connectivity index (χ0n) is 28.8. The topological polar surface area (TPSA) is 114 Å². The van der Waals surface area contributed by atoms with Crippen molar-refractivity contribution in [2.75, 3.05) is 0 Å². The van der Waals surface area contributed by atoms with E-state index in [1.807, 2.05) is 66.7 Å². The van der Waals surface area contributed by atoms with Crippen LogP contribution in [0.4, 0.5) is 13.2 Å². The molecule has 1 aliphatic carbocycles. The molecule has 5 N–H and O–H groups in total. The van der Waals surface area contributed by atoms with E-state index >= 15 is 0 Å². The summed E-state index contributed by atoms with van der Waals surface area (Å²) in [7, 11) is 0. The summed E-state index contributed by atoms with van der Waals surface area (Å²) in [5, 5.41) is 7.69. The number of carbonyl (C=O) groups is 1. The lowest BCUT2D eigenvalue weighted by Crippen LogP contribution is -2.30. The summed E-state index contributed by atoms with van der Waals surface area (Å²) in [5.41, 5.74) is 16.8. The molecule has 10 heteroatoms. The van der Waals surface area contributed by atoms with Crippen molar-refractivity contribution >= 4 is 22.8 Å². The first-order chi connectivity index (χ1) is 24.6. The van der Waals surface area contributed by atoms with E-state index in [1.54, 1.807) is 11.0 Å². The predicted molar refractivity (Wildman–Crippen MR) is 195 cm³/mol. The minimum Gasteiger partial charge on any atom is -0.384 e. The number of amides is 1. The van der Waals surface area contributed by atoms with Crippen LogP contribution in [0.5, 0.6) is 0 Å². The minimum absolute atomic E-state index is 0.00290. The second kappa shape index (κ2) is 15.9. The molecule has 1 saturated carbocycles. The zero-order valence-corrected chi connectivity index (χ0v) is 28.8. The number of aromatic nitrogens is 2. The van der Waals surface area contributed by atoms with Crippen LogP contribution in [0.2, 0.25) is 0 Å². The number of alkyl halides is 3. The zero-order chi connectivity index (χ0) is 36.0. The number of nitrogens with one attached hydrogen (secondary N) is 1. The highest BCUT2D eigenvalue weighted by atomic mass is 19.4. The monoisotopic (exact) mass is 694 g/mol. The number of fused-ring (bicyclic) bond motifs is 1. The molecule has 1 aromatic heterocycles. The van der Waals surface area contributed by atoms with Crippen LogP contribution in [-0.2, 0) is 45.2 Å². The molecule has 0 saturated heterocycles. The van der Waals surface area contributed by atoms with E-state index in [-0.39, 0.29) is 24.8 Å². The number of halogens is 3. The van der Waals surface area contributed by atoms with Crippen molar-refractivity contribution in [2.24, 2.45) is 17.4 Å². The molecule has 4 aromatic carbocycles. The molecule has 0 unspecified atom stereocenters. The molecule has 1 amide bonds. The van der Waals surface area contributed by atoms with Crippen molar-refractivity contribution in [3.05, 3.63) is 136 Å². The lowest BCUT2D eigenvalue weighted by molar-refractivity contribution is -0.137. The normalized spacial score (nSPS) is 13.8. The van der Waals surface area contributed by atoms with Crippen LogP contribution in [0.15, 0.2) is 91.0 Å². The summed E-state index contributed by atoms with van der Waals surface area (Å²) in [6.45, 7) is 1.44. The lowest BCUT2D eigenvalue weighted by atomic mass is 9.87. The molecule has 5 aromatic rings. The SMILES string of the molecule is N=C(N)c1ccc(CCc2nc3cc(C(=O)N(Cc4ccc(CN)cc4)Cc4cccc(C(F)(F)F)c4)ccc3n2CCC2CCCCC2)cc1. The summed E-state index contributed by atoms with van der Waals surface area (Å²) >= 11 is 0. The molecule has 0 spiro atoms. The Morgan fingerprint density at radius 1 is 0.824 bits per heavy atom. The number of nitrogens with zero attached hydrogens (tertiary/aromatic N) is 3. The highest BCUT2D eigenvalue weighted by Crippen LogP contribution is 2.31. The Kier molecular flexibility index (Phi) is 11.2. The van der Waals surface area contributed by atoms with E-state index in [0.29, 0.717) is 35.6 Å². The average Bonchev–Trinajstić information content (AvgIpc) is 3.49. The van der Waals surface area contributed by atoms with E-state index in [0.717, 1.165) is 65.1 Å². The fourth-order valence-corrected chi connectivity index (χ4v) is 7.10. The number of rotatable bonds is 13. The van der Waals surface area contributed by atoms with Crippen molar-refractivity contribution in [3.8, 4) is 0 Å². The van der Waals surface area contributed by atoms with Crippen molar-refractivity contribution in [1.82, 2.24) is 14.5 Å². The Hall–Kier alpha value is -4.96. The van der Waals surface area contributed by atoms with Gasteiger partial charge in [-0.2, -0.15) is 13.2 Å². The van der Waals surface area contributed by atoms with Gasteiger partial charge in [0.1, 0.15) is 11.7 Å². The number of amidine groups is 1. The van der Waals surface area contributed by atoms with E-state index in [4.69, 9.17) is 21.9 Å². The Morgan fingerprint density at radius 3 is 2.18 bits per heavy atom. The first-order valence-corrected chi connectivity index (χ1v) is 17.7. The molecular weight excluding hydrogens is 649 g/mol. The highest BCUT2D eigenvalue weighted by Gasteiger charge is 2.31. The van der Waals surface area contributed by atoms with Gasteiger partial charge in [0.25, 0.3) is 5.91 Å². The van der Waals surface area contributed by atoms with Crippen LogP contribution in [0.25, 0.3) is 11.0 Å². The molecule has 0 bridgehead atoms. The van der Waals surface area contributed by atoms with Gasteiger partial charge in [-0.3, -0.25) is 10.2 Å². The third-order valence-corrected chi connectivity index (χ3v) is 10.0. The van der Waals surface area contributed by atoms with Crippen LogP contribution in [0.1, 0.15) is 88.1 Å².